The van der Waals surface area contributed by atoms with Crippen LogP contribution in [0.1, 0.15) is 83.9 Å². The molecule has 1 saturated carbocycles. The second kappa shape index (κ2) is 7.39. The van der Waals surface area contributed by atoms with Crippen LogP contribution in [-0.2, 0) is 0 Å². The summed E-state index contributed by atoms with van der Waals surface area (Å²) in [5.41, 5.74) is 0. The lowest BCUT2D eigenvalue weighted by Gasteiger charge is -2.29. The SMILES string of the molecule is CCNC(C)C(C)c1nc(C2CCC(C(C)C)CC2)no1. The Bertz CT molecular complexity index is 421. The summed E-state index contributed by atoms with van der Waals surface area (Å²) in [6.45, 7) is 12.1. The molecule has 0 amide bonds. The summed E-state index contributed by atoms with van der Waals surface area (Å²) in [5.74, 6) is 4.15. The molecule has 1 aliphatic carbocycles. The highest BCUT2D eigenvalue weighted by atomic mass is 16.5. The van der Waals surface area contributed by atoms with Gasteiger partial charge in [0.05, 0.1) is 5.92 Å². The molecule has 2 atom stereocenters. The van der Waals surface area contributed by atoms with Gasteiger partial charge in [-0.05, 0) is 51.0 Å². The van der Waals surface area contributed by atoms with Gasteiger partial charge >= 0.3 is 0 Å². The Balaban J connectivity index is 1.94. The fourth-order valence-corrected chi connectivity index (χ4v) is 3.35. The lowest BCUT2D eigenvalue weighted by atomic mass is 9.77. The minimum absolute atomic E-state index is 0.262. The van der Waals surface area contributed by atoms with Gasteiger partial charge in [0.15, 0.2) is 5.82 Å². The maximum Gasteiger partial charge on any atom is 0.231 e. The molecule has 1 aromatic rings. The van der Waals surface area contributed by atoms with E-state index < -0.39 is 0 Å². The molecule has 1 fully saturated rings. The van der Waals surface area contributed by atoms with E-state index in [1.165, 1.54) is 25.7 Å². The molecule has 4 heteroatoms. The van der Waals surface area contributed by atoms with Crippen molar-refractivity contribution in [3.05, 3.63) is 11.7 Å². The predicted octanol–water partition coefficient (Wildman–Crippen LogP) is 4.10. The van der Waals surface area contributed by atoms with Crippen LogP contribution in [0, 0.1) is 11.8 Å². The molecule has 0 spiro atoms. The zero-order valence-corrected chi connectivity index (χ0v) is 14.2. The Hall–Kier alpha value is -0.900. The van der Waals surface area contributed by atoms with Gasteiger partial charge in [0.2, 0.25) is 5.89 Å². The third-order valence-corrected chi connectivity index (χ3v) is 5.20. The van der Waals surface area contributed by atoms with Crippen molar-refractivity contribution >= 4 is 0 Å². The van der Waals surface area contributed by atoms with Crippen LogP contribution in [0.15, 0.2) is 4.52 Å². The van der Waals surface area contributed by atoms with Crippen molar-refractivity contribution in [1.29, 1.82) is 0 Å². The van der Waals surface area contributed by atoms with E-state index in [4.69, 9.17) is 4.52 Å². The number of nitrogens with zero attached hydrogens (tertiary/aromatic N) is 2. The summed E-state index contributed by atoms with van der Waals surface area (Å²) in [6, 6.07) is 0.361. The van der Waals surface area contributed by atoms with Crippen molar-refractivity contribution in [3.63, 3.8) is 0 Å². The number of hydrogen-bond acceptors (Lipinski definition) is 4. The lowest BCUT2D eigenvalue weighted by Crippen LogP contribution is -2.30. The van der Waals surface area contributed by atoms with Crippen molar-refractivity contribution < 1.29 is 4.52 Å². The van der Waals surface area contributed by atoms with Crippen LogP contribution in [0.3, 0.4) is 0 Å². The van der Waals surface area contributed by atoms with Crippen molar-refractivity contribution in [1.82, 2.24) is 15.5 Å². The molecule has 0 aliphatic heterocycles. The summed E-state index contributed by atoms with van der Waals surface area (Å²) in [7, 11) is 0. The Kier molecular flexibility index (Phi) is 5.80. The van der Waals surface area contributed by atoms with Gasteiger partial charge < -0.3 is 9.84 Å². The molecule has 2 unspecified atom stereocenters. The molecular weight excluding hydrogens is 262 g/mol. The molecule has 0 aromatic carbocycles. The second-order valence-electron chi connectivity index (χ2n) is 6.98. The molecule has 120 valence electrons. The first-order chi connectivity index (χ1) is 10.0. The highest BCUT2D eigenvalue weighted by molar-refractivity contribution is 5.02. The molecule has 1 aromatic heterocycles. The fourth-order valence-electron chi connectivity index (χ4n) is 3.35. The zero-order chi connectivity index (χ0) is 15.4. The Morgan fingerprint density at radius 2 is 1.81 bits per heavy atom. The van der Waals surface area contributed by atoms with Crippen molar-refractivity contribution in [2.24, 2.45) is 11.8 Å². The molecule has 0 bridgehead atoms. The van der Waals surface area contributed by atoms with E-state index >= 15 is 0 Å². The van der Waals surface area contributed by atoms with E-state index in [0.717, 1.165) is 30.1 Å². The van der Waals surface area contributed by atoms with E-state index in [0.29, 0.717) is 12.0 Å². The quantitative estimate of drug-likeness (QED) is 0.858. The molecule has 1 N–H and O–H groups in total. The van der Waals surface area contributed by atoms with Crippen molar-refractivity contribution in [2.75, 3.05) is 6.54 Å². The molecule has 1 heterocycles. The highest BCUT2D eigenvalue weighted by Gasteiger charge is 2.28. The van der Waals surface area contributed by atoms with Gasteiger partial charge in [-0.25, -0.2) is 0 Å². The predicted molar refractivity (Wildman–Crippen MR) is 85.4 cm³/mol. The summed E-state index contributed by atoms with van der Waals surface area (Å²) in [4.78, 5) is 4.69. The molecule has 0 saturated heterocycles. The van der Waals surface area contributed by atoms with E-state index in [1.807, 2.05) is 0 Å². The first-order valence-electron chi connectivity index (χ1n) is 8.59. The van der Waals surface area contributed by atoms with Gasteiger partial charge in [0.1, 0.15) is 0 Å². The van der Waals surface area contributed by atoms with Gasteiger partial charge in [-0.2, -0.15) is 4.98 Å². The van der Waals surface area contributed by atoms with Gasteiger partial charge in [-0.15, -0.1) is 0 Å². The third kappa shape index (κ3) is 4.06. The summed E-state index contributed by atoms with van der Waals surface area (Å²) >= 11 is 0. The highest BCUT2D eigenvalue weighted by Crippen LogP contribution is 2.37. The first kappa shape index (κ1) is 16.5. The van der Waals surface area contributed by atoms with E-state index in [2.05, 4.69) is 50.1 Å². The third-order valence-electron chi connectivity index (χ3n) is 5.20. The zero-order valence-electron chi connectivity index (χ0n) is 14.2. The van der Waals surface area contributed by atoms with Crippen LogP contribution < -0.4 is 5.32 Å². The summed E-state index contributed by atoms with van der Waals surface area (Å²) in [6.07, 6.45) is 5.02. The minimum Gasteiger partial charge on any atom is -0.339 e. The topological polar surface area (TPSA) is 51.0 Å². The largest absolute Gasteiger partial charge is 0.339 e. The molecule has 2 rings (SSSR count). The monoisotopic (exact) mass is 293 g/mol. The summed E-state index contributed by atoms with van der Waals surface area (Å²) < 4.78 is 5.52. The fraction of sp³-hybridized carbons (Fsp3) is 0.882. The van der Waals surface area contributed by atoms with Gasteiger partial charge in [-0.1, -0.05) is 32.9 Å². The number of nitrogens with one attached hydrogen (secondary N) is 1. The Morgan fingerprint density at radius 3 is 2.38 bits per heavy atom. The second-order valence-corrected chi connectivity index (χ2v) is 6.98. The number of rotatable bonds is 6. The minimum atomic E-state index is 0.262. The van der Waals surface area contributed by atoms with Crippen LogP contribution in [0.25, 0.3) is 0 Å². The Labute approximate surface area is 129 Å². The first-order valence-corrected chi connectivity index (χ1v) is 8.59. The van der Waals surface area contributed by atoms with Crippen LogP contribution in [0.5, 0.6) is 0 Å². The lowest BCUT2D eigenvalue weighted by molar-refractivity contribution is 0.251. The molecule has 4 nitrogen and oxygen atoms in total. The normalized spacial score (nSPS) is 26.0. The van der Waals surface area contributed by atoms with E-state index in [1.54, 1.807) is 0 Å². The molecule has 1 aliphatic rings. The van der Waals surface area contributed by atoms with Gasteiger partial charge in [0.25, 0.3) is 0 Å². The average molecular weight is 293 g/mol. The van der Waals surface area contributed by atoms with Crippen LogP contribution in [-0.4, -0.2) is 22.7 Å². The Morgan fingerprint density at radius 1 is 1.14 bits per heavy atom. The molecule has 21 heavy (non-hydrogen) atoms. The molecule has 0 radical (unpaired) electrons. The molecular formula is C17H31N3O. The van der Waals surface area contributed by atoms with Crippen molar-refractivity contribution in [2.45, 2.75) is 78.2 Å². The maximum absolute atomic E-state index is 5.52. The maximum atomic E-state index is 5.52. The van der Waals surface area contributed by atoms with Crippen molar-refractivity contribution in [3.8, 4) is 0 Å². The number of likely N-dealkylation sites (N-methyl/N-ethyl adjacent to an activating group) is 1. The standard InChI is InChI=1S/C17H31N3O/c1-6-18-13(5)12(4)17-19-16(20-21-17)15-9-7-14(8-10-15)11(2)3/h11-15,18H,6-10H2,1-5H3. The summed E-state index contributed by atoms with van der Waals surface area (Å²) in [5, 5.41) is 7.68. The van der Waals surface area contributed by atoms with Gasteiger partial charge in [-0.3, -0.25) is 0 Å². The van der Waals surface area contributed by atoms with Crippen LogP contribution in [0.2, 0.25) is 0 Å². The number of hydrogen-bond donors (Lipinski definition) is 1. The smallest absolute Gasteiger partial charge is 0.231 e. The van der Waals surface area contributed by atoms with E-state index in [9.17, 15) is 0 Å². The average Bonchev–Trinajstić information content (AvgIpc) is 2.96. The van der Waals surface area contributed by atoms with Crippen LogP contribution in [0.4, 0.5) is 0 Å². The van der Waals surface area contributed by atoms with Gasteiger partial charge in [0, 0.05) is 12.0 Å². The van der Waals surface area contributed by atoms with E-state index in [-0.39, 0.29) is 5.92 Å². The number of aromatic nitrogens is 2. The van der Waals surface area contributed by atoms with Crippen LogP contribution >= 0.6 is 0 Å².